The summed E-state index contributed by atoms with van der Waals surface area (Å²) in [5.74, 6) is 0. The molecular formula is C5H8Cl2O2. The molecule has 0 aromatic heterocycles. The average Bonchev–Trinajstić information content (AvgIpc) is 1.82. The Hall–Kier alpha value is 0.210. The maximum Gasteiger partial charge on any atom is 0.265 e. The number of halogens is 2. The fourth-order valence-corrected chi connectivity index (χ4v) is 0.439. The maximum absolute atomic E-state index is 10.2. The largest absolute Gasteiger partial charge is 0.354 e. The van der Waals surface area contributed by atoms with Crippen LogP contribution in [-0.4, -0.2) is 17.4 Å². The molecule has 1 unspecified atom stereocenters. The van der Waals surface area contributed by atoms with Crippen molar-refractivity contribution in [2.24, 2.45) is 0 Å². The topological polar surface area (TPSA) is 26.3 Å². The molecule has 0 aromatic rings. The molecule has 0 N–H and O–H groups in total. The van der Waals surface area contributed by atoms with Crippen molar-refractivity contribution in [3.05, 3.63) is 0 Å². The first-order valence-electron chi connectivity index (χ1n) is 2.63. The van der Waals surface area contributed by atoms with Gasteiger partial charge in [0, 0.05) is 6.61 Å². The van der Waals surface area contributed by atoms with E-state index in [-0.39, 0.29) is 0 Å². The highest BCUT2D eigenvalue weighted by Gasteiger charge is 2.10. The Balaban J connectivity index is 3.27. The number of carbonyl (C=O) groups is 1. The Morgan fingerprint density at radius 2 is 2.33 bits per heavy atom. The molecule has 0 spiro atoms. The number of hydrogen-bond acceptors (Lipinski definition) is 2. The quantitative estimate of drug-likeness (QED) is 0.475. The molecule has 0 heterocycles. The van der Waals surface area contributed by atoms with Gasteiger partial charge in [-0.25, -0.2) is 0 Å². The second-order valence-electron chi connectivity index (χ2n) is 1.49. The lowest BCUT2D eigenvalue weighted by molar-refractivity contribution is -0.118. The Morgan fingerprint density at radius 1 is 1.78 bits per heavy atom. The fourth-order valence-electron chi connectivity index (χ4n) is 0.287. The first-order chi connectivity index (χ1) is 4.18. The molecule has 54 valence electrons. The number of ether oxygens (including phenoxy) is 1. The van der Waals surface area contributed by atoms with E-state index in [0.717, 1.165) is 6.42 Å². The van der Waals surface area contributed by atoms with Gasteiger partial charge in [-0.15, -0.1) is 0 Å². The van der Waals surface area contributed by atoms with Crippen molar-refractivity contribution in [2.75, 3.05) is 6.61 Å². The van der Waals surface area contributed by atoms with Gasteiger partial charge in [0.15, 0.2) is 0 Å². The van der Waals surface area contributed by atoms with Gasteiger partial charge in [0.25, 0.3) is 5.24 Å². The van der Waals surface area contributed by atoms with Crippen molar-refractivity contribution >= 4 is 28.4 Å². The van der Waals surface area contributed by atoms with Crippen LogP contribution < -0.4 is 0 Å². The molecule has 0 saturated heterocycles. The lowest BCUT2D eigenvalue weighted by atomic mass is 10.5. The van der Waals surface area contributed by atoms with Crippen molar-refractivity contribution in [1.82, 2.24) is 0 Å². The molecule has 9 heavy (non-hydrogen) atoms. The molecule has 2 nitrogen and oxygen atoms in total. The predicted octanol–water partition coefficient (Wildman–Crippen LogP) is 1.74. The van der Waals surface area contributed by atoms with Crippen LogP contribution in [0, 0.1) is 0 Å². The summed E-state index contributed by atoms with van der Waals surface area (Å²) in [5, 5.41) is -0.662. The van der Waals surface area contributed by atoms with E-state index >= 15 is 0 Å². The highest BCUT2D eigenvalue weighted by Crippen LogP contribution is 2.02. The monoisotopic (exact) mass is 170 g/mol. The molecule has 4 heteroatoms. The second kappa shape index (κ2) is 5.03. The third-order valence-electron chi connectivity index (χ3n) is 0.647. The van der Waals surface area contributed by atoms with Crippen LogP contribution >= 0.6 is 23.2 Å². The standard InChI is InChI=1S/C5H8Cl2O2/c1-2-3-9-5(7)4(6)8/h5H,2-3H2,1H3. The van der Waals surface area contributed by atoms with Crippen molar-refractivity contribution < 1.29 is 9.53 Å². The van der Waals surface area contributed by atoms with Gasteiger partial charge in [0.2, 0.25) is 5.56 Å². The summed E-state index contributed by atoms with van der Waals surface area (Å²) in [6.45, 7) is 2.38. The molecule has 0 aromatic carbocycles. The van der Waals surface area contributed by atoms with Crippen LogP contribution in [0.5, 0.6) is 0 Å². The zero-order valence-corrected chi connectivity index (χ0v) is 6.58. The summed E-state index contributed by atoms with van der Waals surface area (Å²) in [7, 11) is 0. The summed E-state index contributed by atoms with van der Waals surface area (Å²) in [6.07, 6.45) is 0.827. The van der Waals surface area contributed by atoms with E-state index in [1.165, 1.54) is 0 Å². The normalized spacial score (nSPS) is 13.2. The van der Waals surface area contributed by atoms with Crippen molar-refractivity contribution in [3.8, 4) is 0 Å². The van der Waals surface area contributed by atoms with Crippen LogP contribution in [0.15, 0.2) is 0 Å². The predicted molar refractivity (Wildman–Crippen MR) is 36.7 cm³/mol. The Kier molecular flexibility index (Phi) is 5.15. The lowest BCUT2D eigenvalue weighted by Crippen LogP contribution is -2.12. The summed E-state index contributed by atoms with van der Waals surface area (Å²) < 4.78 is 4.74. The molecule has 0 rings (SSSR count). The number of carbonyl (C=O) groups excluding carboxylic acids is 1. The molecular weight excluding hydrogens is 163 g/mol. The third kappa shape index (κ3) is 4.70. The van der Waals surface area contributed by atoms with Gasteiger partial charge in [-0.1, -0.05) is 18.5 Å². The first kappa shape index (κ1) is 9.21. The van der Waals surface area contributed by atoms with E-state index in [4.69, 9.17) is 27.9 Å². The van der Waals surface area contributed by atoms with E-state index in [1.807, 2.05) is 6.92 Å². The van der Waals surface area contributed by atoms with Crippen LogP contribution in [-0.2, 0) is 9.53 Å². The minimum Gasteiger partial charge on any atom is -0.354 e. The molecule has 0 aliphatic carbocycles. The van der Waals surface area contributed by atoms with Crippen LogP contribution in [0.4, 0.5) is 0 Å². The van der Waals surface area contributed by atoms with Crippen molar-refractivity contribution in [2.45, 2.75) is 18.9 Å². The Labute approximate surface area is 64.1 Å². The van der Waals surface area contributed by atoms with E-state index in [1.54, 1.807) is 0 Å². The zero-order valence-electron chi connectivity index (χ0n) is 5.06. The number of hydrogen-bond donors (Lipinski definition) is 0. The minimum absolute atomic E-state index is 0.465. The summed E-state index contributed by atoms with van der Waals surface area (Å²) in [4.78, 5) is 10.2. The first-order valence-corrected chi connectivity index (χ1v) is 3.45. The van der Waals surface area contributed by atoms with Gasteiger partial charge in [-0.05, 0) is 18.0 Å². The van der Waals surface area contributed by atoms with Crippen molar-refractivity contribution in [3.63, 3.8) is 0 Å². The maximum atomic E-state index is 10.2. The average molecular weight is 171 g/mol. The van der Waals surface area contributed by atoms with Crippen LogP contribution in [0.25, 0.3) is 0 Å². The highest BCUT2D eigenvalue weighted by molar-refractivity contribution is 6.68. The van der Waals surface area contributed by atoms with Crippen LogP contribution in [0.1, 0.15) is 13.3 Å². The van der Waals surface area contributed by atoms with Gasteiger partial charge in [-0.2, -0.15) is 0 Å². The molecule has 0 radical (unpaired) electrons. The van der Waals surface area contributed by atoms with E-state index in [0.29, 0.717) is 6.61 Å². The zero-order chi connectivity index (χ0) is 7.28. The smallest absolute Gasteiger partial charge is 0.265 e. The molecule has 0 aliphatic heterocycles. The Bertz CT molecular complexity index is 95.0. The van der Waals surface area contributed by atoms with Gasteiger partial charge in [0.05, 0.1) is 0 Å². The minimum atomic E-state index is -0.980. The molecule has 1 atom stereocenters. The Morgan fingerprint density at radius 3 is 2.67 bits per heavy atom. The summed E-state index contributed by atoms with van der Waals surface area (Å²) in [5.41, 5.74) is -0.980. The van der Waals surface area contributed by atoms with E-state index in [9.17, 15) is 4.79 Å². The number of rotatable bonds is 4. The summed E-state index contributed by atoms with van der Waals surface area (Å²) in [6, 6.07) is 0. The number of alkyl halides is 1. The summed E-state index contributed by atoms with van der Waals surface area (Å²) >= 11 is 10.3. The van der Waals surface area contributed by atoms with Gasteiger partial charge >= 0.3 is 0 Å². The fraction of sp³-hybridized carbons (Fsp3) is 0.800. The van der Waals surface area contributed by atoms with Gasteiger partial charge in [0.1, 0.15) is 0 Å². The van der Waals surface area contributed by atoms with Crippen LogP contribution in [0.2, 0.25) is 0 Å². The van der Waals surface area contributed by atoms with E-state index < -0.39 is 10.8 Å². The SMILES string of the molecule is CCCOC(Cl)C(=O)Cl. The highest BCUT2D eigenvalue weighted by atomic mass is 35.5. The molecule has 0 amide bonds. The van der Waals surface area contributed by atoms with E-state index in [2.05, 4.69) is 0 Å². The molecule has 0 fully saturated rings. The van der Waals surface area contributed by atoms with Gasteiger partial charge in [-0.3, -0.25) is 4.79 Å². The molecule has 0 aliphatic rings. The lowest BCUT2D eigenvalue weighted by Gasteiger charge is -2.02. The second-order valence-corrected chi connectivity index (χ2v) is 2.26. The van der Waals surface area contributed by atoms with Gasteiger partial charge < -0.3 is 4.74 Å². The molecule has 0 saturated carbocycles. The van der Waals surface area contributed by atoms with Crippen LogP contribution in [0.3, 0.4) is 0 Å². The molecule has 0 bridgehead atoms. The van der Waals surface area contributed by atoms with Crippen molar-refractivity contribution in [1.29, 1.82) is 0 Å². The third-order valence-corrected chi connectivity index (χ3v) is 1.28.